The number of halogens is 2. The van der Waals surface area contributed by atoms with Crippen molar-refractivity contribution in [2.75, 3.05) is 5.32 Å². The molecule has 7 heteroatoms. The molecule has 0 bridgehead atoms. The zero-order chi connectivity index (χ0) is 19.0. The van der Waals surface area contributed by atoms with Crippen molar-refractivity contribution in [3.63, 3.8) is 0 Å². The van der Waals surface area contributed by atoms with Crippen molar-refractivity contribution in [1.29, 1.82) is 0 Å². The van der Waals surface area contributed by atoms with Gasteiger partial charge in [-0.25, -0.2) is 18.7 Å². The van der Waals surface area contributed by atoms with E-state index in [0.29, 0.717) is 28.1 Å². The monoisotopic (exact) mass is 364 g/mol. The van der Waals surface area contributed by atoms with Crippen LogP contribution in [0.4, 0.5) is 14.5 Å². The van der Waals surface area contributed by atoms with Gasteiger partial charge in [-0.05, 0) is 48.0 Å². The summed E-state index contributed by atoms with van der Waals surface area (Å²) in [5, 5.41) is 2.71. The molecule has 0 saturated carbocycles. The Balaban J connectivity index is 1.92. The van der Waals surface area contributed by atoms with Crippen molar-refractivity contribution in [3.8, 4) is 16.8 Å². The van der Waals surface area contributed by atoms with Crippen molar-refractivity contribution >= 4 is 22.8 Å². The second kappa shape index (κ2) is 6.60. The number of fused-ring (bicyclic) bond motifs is 1. The molecule has 2 aromatic carbocycles. The van der Waals surface area contributed by atoms with Crippen LogP contribution in [0.5, 0.6) is 0 Å². The first kappa shape index (κ1) is 16.8. The molecule has 0 unspecified atom stereocenters. The number of hydrogen-bond donors (Lipinski definition) is 1. The first-order chi connectivity index (χ1) is 13.0. The predicted octanol–water partition coefficient (Wildman–Crippen LogP) is 4.32. The molecule has 0 aliphatic rings. The Kier molecular flexibility index (Phi) is 4.12. The fraction of sp³-hybridized carbons (Fsp3) is 0.0500. The van der Waals surface area contributed by atoms with Crippen molar-refractivity contribution in [1.82, 2.24) is 14.5 Å². The maximum Gasteiger partial charge on any atom is 0.221 e. The largest absolute Gasteiger partial charge is 0.326 e. The summed E-state index contributed by atoms with van der Waals surface area (Å²) in [4.78, 5) is 20.2. The van der Waals surface area contributed by atoms with Crippen LogP contribution in [0.25, 0.3) is 28.0 Å². The fourth-order valence-corrected chi connectivity index (χ4v) is 2.94. The highest BCUT2D eigenvalue weighted by Crippen LogP contribution is 2.30. The molecule has 4 rings (SSSR count). The standard InChI is InChI=1S/C20H14F2N4O/c1-12(27)25-15-7-13(17-5-4-14(21)9-18(17)22)8-16(10-15)26-11-24-19-3-2-6-23-20(19)26/h2-11H,1H3,(H,25,27). The number of amides is 1. The fourth-order valence-electron chi connectivity index (χ4n) is 2.94. The second-order valence-corrected chi connectivity index (χ2v) is 6.03. The third-order valence-corrected chi connectivity index (χ3v) is 4.07. The predicted molar refractivity (Wildman–Crippen MR) is 98.5 cm³/mol. The van der Waals surface area contributed by atoms with Crippen LogP contribution < -0.4 is 5.32 Å². The van der Waals surface area contributed by atoms with Gasteiger partial charge in [0.2, 0.25) is 5.91 Å². The maximum atomic E-state index is 14.3. The Bertz CT molecular complexity index is 1170. The van der Waals surface area contributed by atoms with E-state index in [1.807, 2.05) is 6.07 Å². The maximum absolute atomic E-state index is 14.3. The van der Waals surface area contributed by atoms with Crippen LogP contribution in [0.2, 0.25) is 0 Å². The number of rotatable bonds is 3. The highest BCUT2D eigenvalue weighted by molar-refractivity contribution is 5.90. The number of benzene rings is 2. The Hall–Kier alpha value is -3.61. The lowest BCUT2D eigenvalue weighted by molar-refractivity contribution is -0.114. The van der Waals surface area contributed by atoms with Crippen LogP contribution in [-0.2, 0) is 4.79 Å². The molecular weight excluding hydrogens is 350 g/mol. The van der Waals surface area contributed by atoms with E-state index in [1.165, 1.54) is 19.1 Å². The van der Waals surface area contributed by atoms with Crippen molar-refractivity contribution < 1.29 is 13.6 Å². The number of hydrogen-bond acceptors (Lipinski definition) is 3. The highest BCUT2D eigenvalue weighted by atomic mass is 19.1. The molecule has 2 aromatic heterocycles. The zero-order valence-corrected chi connectivity index (χ0v) is 14.3. The SMILES string of the molecule is CC(=O)Nc1cc(-c2ccc(F)cc2F)cc(-n2cnc3cccnc32)c1. The van der Waals surface area contributed by atoms with Gasteiger partial charge >= 0.3 is 0 Å². The smallest absolute Gasteiger partial charge is 0.221 e. The van der Waals surface area contributed by atoms with E-state index in [2.05, 4.69) is 15.3 Å². The van der Waals surface area contributed by atoms with E-state index in [-0.39, 0.29) is 11.5 Å². The van der Waals surface area contributed by atoms with Gasteiger partial charge in [0.05, 0.1) is 5.69 Å². The number of nitrogens with zero attached hydrogens (tertiary/aromatic N) is 3. The second-order valence-electron chi connectivity index (χ2n) is 6.03. The minimum absolute atomic E-state index is 0.224. The molecular formula is C20H14F2N4O. The van der Waals surface area contributed by atoms with Gasteiger partial charge < -0.3 is 5.32 Å². The minimum atomic E-state index is -0.686. The summed E-state index contributed by atoms with van der Waals surface area (Å²) in [5.74, 6) is -1.60. The van der Waals surface area contributed by atoms with E-state index in [4.69, 9.17) is 0 Å². The summed E-state index contributed by atoms with van der Waals surface area (Å²) in [7, 11) is 0. The molecule has 0 atom stereocenters. The van der Waals surface area contributed by atoms with E-state index < -0.39 is 11.6 Å². The Morgan fingerprint density at radius 1 is 1.07 bits per heavy atom. The molecule has 0 saturated heterocycles. The van der Waals surface area contributed by atoms with Gasteiger partial charge in [-0.1, -0.05) is 0 Å². The first-order valence-electron chi connectivity index (χ1n) is 8.18. The van der Waals surface area contributed by atoms with E-state index >= 15 is 0 Å². The molecule has 27 heavy (non-hydrogen) atoms. The Morgan fingerprint density at radius 2 is 1.93 bits per heavy atom. The number of carbonyl (C=O) groups excluding carboxylic acids is 1. The summed E-state index contributed by atoms with van der Waals surface area (Å²) in [6, 6.07) is 12.1. The summed E-state index contributed by atoms with van der Waals surface area (Å²) in [5.41, 5.74) is 3.17. The van der Waals surface area contributed by atoms with E-state index in [1.54, 1.807) is 41.4 Å². The molecule has 2 heterocycles. The lowest BCUT2D eigenvalue weighted by atomic mass is 10.0. The molecule has 0 spiro atoms. The zero-order valence-electron chi connectivity index (χ0n) is 14.3. The van der Waals surface area contributed by atoms with Crippen LogP contribution in [0.15, 0.2) is 61.1 Å². The average Bonchev–Trinajstić information content (AvgIpc) is 3.05. The van der Waals surface area contributed by atoms with Gasteiger partial charge in [0.25, 0.3) is 0 Å². The van der Waals surface area contributed by atoms with Gasteiger partial charge in [0, 0.05) is 30.4 Å². The third-order valence-electron chi connectivity index (χ3n) is 4.07. The normalized spacial score (nSPS) is 10.9. The van der Waals surface area contributed by atoms with Crippen LogP contribution >= 0.6 is 0 Å². The van der Waals surface area contributed by atoms with Crippen LogP contribution in [0.3, 0.4) is 0 Å². The van der Waals surface area contributed by atoms with Gasteiger partial charge in [0.15, 0.2) is 5.65 Å². The van der Waals surface area contributed by atoms with E-state index in [9.17, 15) is 13.6 Å². The van der Waals surface area contributed by atoms with Crippen molar-refractivity contribution in [3.05, 3.63) is 72.7 Å². The number of carbonyl (C=O) groups is 1. The summed E-state index contributed by atoms with van der Waals surface area (Å²) < 4.78 is 29.3. The highest BCUT2D eigenvalue weighted by Gasteiger charge is 2.12. The molecule has 4 aromatic rings. The molecule has 0 fully saturated rings. The summed E-state index contributed by atoms with van der Waals surface area (Å²) >= 11 is 0. The topological polar surface area (TPSA) is 59.8 Å². The number of aromatic nitrogens is 3. The molecule has 1 amide bonds. The van der Waals surface area contributed by atoms with Crippen molar-refractivity contribution in [2.24, 2.45) is 0 Å². The van der Waals surface area contributed by atoms with E-state index in [0.717, 1.165) is 6.07 Å². The molecule has 134 valence electrons. The summed E-state index contributed by atoms with van der Waals surface area (Å²) in [6.45, 7) is 1.39. The van der Waals surface area contributed by atoms with Gasteiger partial charge in [0.1, 0.15) is 23.5 Å². The molecule has 0 radical (unpaired) electrons. The molecule has 1 N–H and O–H groups in total. The number of nitrogens with one attached hydrogen (secondary N) is 1. The van der Waals surface area contributed by atoms with Crippen molar-refractivity contribution in [2.45, 2.75) is 6.92 Å². The summed E-state index contributed by atoms with van der Waals surface area (Å²) in [6.07, 6.45) is 3.26. The number of pyridine rings is 1. The molecule has 0 aliphatic heterocycles. The Labute approximate surface area is 153 Å². The molecule has 5 nitrogen and oxygen atoms in total. The minimum Gasteiger partial charge on any atom is -0.326 e. The average molecular weight is 364 g/mol. The van der Waals surface area contributed by atoms with Gasteiger partial charge in [-0.3, -0.25) is 9.36 Å². The van der Waals surface area contributed by atoms with Crippen LogP contribution in [0, 0.1) is 11.6 Å². The lowest BCUT2D eigenvalue weighted by Crippen LogP contribution is -2.07. The quantitative estimate of drug-likeness (QED) is 0.589. The third kappa shape index (κ3) is 3.27. The number of anilines is 1. The van der Waals surface area contributed by atoms with Crippen LogP contribution in [0.1, 0.15) is 6.92 Å². The number of imidazole rings is 1. The van der Waals surface area contributed by atoms with Gasteiger partial charge in [-0.15, -0.1) is 0 Å². The van der Waals surface area contributed by atoms with Gasteiger partial charge in [-0.2, -0.15) is 0 Å². The Morgan fingerprint density at radius 3 is 2.70 bits per heavy atom. The first-order valence-corrected chi connectivity index (χ1v) is 8.18. The lowest BCUT2D eigenvalue weighted by Gasteiger charge is -2.12. The van der Waals surface area contributed by atoms with Crippen LogP contribution in [-0.4, -0.2) is 20.4 Å². The molecule has 0 aliphatic carbocycles.